The molecule has 0 aliphatic heterocycles. The maximum absolute atomic E-state index is 13.9. The number of ether oxygens (including phenoxy) is 3. The van der Waals surface area contributed by atoms with Crippen molar-refractivity contribution < 1.29 is 37.0 Å². The van der Waals surface area contributed by atoms with Crippen LogP contribution >= 0.6 is 0 Å². The van der Waals surface area contributed by atoms with Crippen LogP contribution in [0.4, 0.5) is 13.2 Å². The van der Waals surface area contributed by atoms with Gasteiger partial charge in [0.2, 0.25) is 5.82 Å². The standard InChI is InChI=1S/C11H9F3O5/c1-17-9-7(13)5(11(16)19-3)4(10(15)18-2)6(12)8(9)14/h1-3H3. The lowest BCUT2D eigenvalue weighted by Gasteiger charge is -2.12. The molecule has 0 saturated carbocycles. The van der Waals surface area contributed by atoms with Crippen LogP contribution in [0, 0.1) is 17.5 Å². The topological polar surface area (TPSA) is 61.8 Å². The minimum Gasteiger partial charge on any atom is -0.491 e. The fourth-order valence-electron chi connectivity index (χ4n) is 1.41. The van der Waals surface area contributed by atoms with Crippen molar-refractivity contribution in [3.05, 3.63) is 28.6 Å². The number of hydrogen-bond donors (Lipinski definition) is 0. The third-order valence-electron chi connectivity index (χ3n) is 2.26. The Labute approximate surface area is 105 Å². The van der Waals surface area contributed by atoms with Gasteiger partial charge in [-0.15, -0.1) is 0 Å². The van der Waals surface area contributed by atoms with Gasteiger partial charge in [-0.3, -0.25) is 0 Å². The quantitative estimate of drug-likeness (QED) is 0.622. The summed E-state index contributed by atoms with van der Waals surface area (Å²) in [6.45, 7) is 0. The van der Waals surface area contributed by atoms with Crippen LogP contribution in [0.1, 0.15) is 20.7 Å². The molecule has 0 spiro atoms. The molecule has 0 N–H and O–H groups in total. The Morgan fingerprint density at radius 2 is 1.21 bits per heavy atom. The average molecular weight is 278 g/mol. The van der Waals surface area contributed by atoms with Crippen molar-refractivity contribution in [2.24, 2.45) is 0 Å². The van der Waals surface area contributed by atoms with Gasteiger partial charge in [0.15, 0.2) is 17.4 Å². The van der Waals surface area contributed by atoms with Gasteiger partial charge in [0, 0.05) is 0 Å². The highest BCUT2D eigenvalue weighted by atomic mass is 19.2. The van der Waals surface area contributed by atoms with Crippen molar-refractivity contribution in [1.82, 2.24) is 0 Å². The fraction of sp³-hybridized carbons (Fsp3) is 0.273. The van der Waals surface area contributed by atoms with Crippen LogP contribution in [0.15, 0.2) is 0 Å². The molecule has 0 radical (unpaired) electrons. The van der Waals surface area contributed by atoms with E-state index in [1.807, 2.05) is 0 Å². The highest BCUT2D eigenvalue weighted by Crippen LogP contribution is 2.31. The summed E-state index contributed by atoms with van der Waals surface area (Å²) >= 11 is 0. The minimum absolute atomic E-state index is 0.864. The molecule has 0 bridgehead atoms. The van der Waals surface area contributed by atoms with E-state index in [9.17, 15) is 22.8 Å². The summed E-state index contributed by atoms with van der Waals surface area (Å²) in [5.74, 6) is -8.97. The molecule has 0 aromatic heterocycles. The van der Waals surface area contributed by atoms with Gasteiger partial charge in [0.1, 0.15) is 11.1 Å². The molecule has 0 atom stereocenters. The molecule has 0 heterocycles. The van der Waals surface area contributed by atoms with Crippen molar-refractivity contribution in [2.45, 2.75) is 0 Å². The lowest BCUT2D eigenvalue weighted by molar-refractivity contribution is 0.0543. The molecule has 19 heavy (non-hydrogen) atoms. The smallest absolute Gasteiger partial charge is 0.342 e. The number of carbonyl (C=O) groups is 2. The van der Waals surface area contributed by atoms with Crippen LogP contribution in [0.2, 0.25) is 0 Å². The second-order valence-corrected chi connectivity index (χ2v) is 3.21. The van der Waals surface area contributed by atoms with Crippen molar-refractivity contribution >= 4 is 11.9 Å². The number of benzene rings is 1. The van der Waals surface area contributed by atoms with Crippen LogP contribution < -0.4 is 4.74 Å². The zero-order chi connectivity index (χ0) is 14.7. The lowest BCUT2D eigenvalue weighted by atomic mass is 10.0. The number of halogens is 3. The number of hydrogen-bond acceptors (Lipinski definition) is 5. The Morgan fingerprint density at radius 1 is 0.789 bits per heavy atom. The molecule has 1 aromatic rings. The van der Waals surface area contributed by atoms with E-state index < -0.39 is 46.3 Å². The first-order valence-electron chi connectivity index (χ1n) is 4.81. The Kier molecular flexibility index (Phi) is 4.36. The summed E-state index contributed by atoms with van der Waals surface area (Å²) < 4.78 is 53.7. The molecule has 0 unspecified atom stereocenters. The van der Waals surface area contributed by atoms with Crippen molar-refractivity contribution in [1.29, 1.82) is 0 Å². The number of rotatable bonds is 3. The molecule has 0 amide bonds. The van der Waals surface area contributed by atoms with E-state index in [1.165, 1.54) is 0 Å². The first-order chi connectivity index (χ1) is 8.90. The summed E-state index contributed by atoms with van der Waals surface area (Å²) in [5, 5.41) is 0. The monoisotopic (exact) mass is 278 g/mol. The highest BCUT2D eigenvalue weighted by Gasteiger charge is 2.34. The molecule has 0 fully saturated rings. The first kappa shape index (κ1) is 14.8. The first-order valence-corrected chi connectivity index (χ1v) is 4.81. The van der Waals surface area contributed by atoms with Crippen LogP contribution in [-0.2, 0) is 9.47 Å². The van der Waals surface area contributed by atoms with E-state index in [-0.39, 0.29) is 0 Å². The average Bonchev–Trinajstić information content (AvgIpc) is 2.41. The number of methoxy groups -OCH3 is 3. The van der Waals surface area contributed by atoms with Gasteiger partial charge < -0.3 is 14.2 Å². The summed E-state index contributed by atoms with van der Waals surface area (Å²) in [6, 6.07) is 0. The summed E-state index contributed by atoms with van der Waals surface area (Å²) in [6.07, 6.45) is 0. The Balaban J connectivity index is 3.79. The number of esters is 2. The van der Waals surface area contributed by atoms with E-state index in [0.717, 1.165) is 21.3 Å². The highest BCUT2D eigenvalue weighted by molar-refractivity contribution is 6.04. The summed E-state index contributed by atoms with van der Waals surface area (Å²) in [4.78, 5) is 22.7. The Bertz CT molecular complexity index is 542. The van der Waals surface area contributed by atoms with E-state index >= 15 is 0 Å². The van der Waals surface area contributed by atoms with Gasteiger partial charge in [-0.2, -0.15) is 4.39 Å². The van der Waals surface area contributed by atoms with Gasteiger partial charge >= 0.3 is 11.9 Å². The predicted octanol–water partition coefficient (Wildman–Crippen LogP) is 1.69. The molecule has 1 aromatic carbocycles. The third kappa shape index (κ3) is 2.33. The maximum Gasteiger partial charge on any atom is 0.342 e. The minimum atomic E-state index is -1.76. The Morgan fingerprint density at radius 3 is 1.58 bits per heavy atom. The van der Waals surface area contributed by atoms with E-state index in [4.69, 9.17) is 0 Å². The van der Waals surface area contributed by atoms with Gasteiger partial charge in [0.05, 0.1) is 21.3 Å². The SMILES string of the molecule is COC(=O)c1c(F)c(F)c(OC)c(F)c1C(=O)OC. The van der Waals surface area contributed by atoms with E-state index in [2.05, 4.69) is 14.2 Å². The Hall–Kier alpha value is -2.25. The normalized spacial score (nSPS) is 10.0. The van der Waals surface area contributed by atoms with Gasteiger partial charge in [0.25, 0.3) is 0 Å². The largest absolute Gasteiger partial charge is 0.491 e. The van der Waals surface area contributed by atoms with Gasteiger partial charge in [-0.25, -0.2) is 18.4 Å². The summed E-state index contributed by atoms with van der Waals surface area (Å²) in [7, 11) is 2.62. The molecule has 104 valence electrons. The molecule has 8 heteroatoms. The predicted molar refractivity (Wildman–Crippen MR) is 55.5 cm³/mol. The molecule has 0 aliphatic carbocycles. The van der Waals surface area contributed by atoms with Crippen molar-refractivity contribution in [2.75, 3.05) is 21.3 Å². The van der Waals surface area contributed by atoms with Crippen molar-refractivity contribution in [3.63, 3.8) is 0 Å². The van der Waals surface area contributed by atoms with Gasteiger partial charge in [-0.05, 0) is 0 Å². The zero-order valence-corrected chi connectivity index (χ0v) is 10.2. The lowest BCUT2D eigenvalue weighted by Crippen LogP contribution is -2.18. The van der Waals surface area contributed by atoms with Crippen LogP contribution in [0.5, 0.6) is 5.75 Å². The molecule has 1 rings (SSSR count). The molecule has 0 aliphatic rings. The van der Waals surface area contributed by atoms with E-state index in [1.54, 1.807) is 0 Å². The fourth-order valence-corrected chi connectivity index (χ4v) is 1.41. The van der Waals surface area contributed by atoms with Gasteiger partial charge in [-0.1, -0.05) is 0 Å². The maximum atomic E-state index is 13.9. The summed E-state index contributed by atoms with van der Waals surface area (Å²) in [5.41, 5.74) is -2.28. The molecular weight excluding hydrogens is 269 g/mol. The second-order valence-electron chi connectivity index (χ2n) is 3.21. The molecule has 0 saturated heterocycles. The number of carbonyl (C=O) groups excluding carboxylic acids is 2. The zero-order valence-electron chi connectivity index (χ0n) is 10.2. The van der Waals surface area contributed by atoms with Crippen LogP contribution in [0.25, 0.3) is 0 Å². The van der Waals surface area contributed by atoms with Crippen molar-refractivity contribution in [3.8, 4) is 5.75 Å². The molecular formula is C11H9F3O5. The van der Waals surface area contributed by atoms with E-state index in [0.29, 0.717) is 0 Å². The third-order valence-corrected chi connectivity index (χ3v) is 2.26. The molecule has 5 nitrogen and oxygen atoms in total. The second kappa shape index (κ2) is 5.59. The van der Waals surface area contributed by atoms with Crippen LogP contribution in [-0.4, -0.2) is 33.3 Å². The van der Waals surface area contributed by atoms with Crippen LogP contribution in [0.3, 0.4) is 0 Å².